The van der Waals surface area contributed by atoms with E-state index in [9.17, 15) is 14.4 Å². The maximum Gasteiger partial charge on any atom is 0.348 e. The van der Waals surface area contributed by atoms with E-state index in [4.69, 9.17) is 25.8 Å². The normalized spacial score (nSPS) is 23.2. The van der Waals surface area contributed by atoms with Crippen molar-refractivity contribution in [1.82, 2.24) is 0 Å². The highest BCUT2D eigenvalue weighted by atomic mass is 35.5. The minimum absolute atomic E-state index is 0.152. The van der Waals surface area contributed by atoms with Gasteiger partial charge in [-0.1, -0.05) is 43.6 Å². The second kappa shape index (κ2) is 8.37. The highest BCUT2D eigenvalue weighted by Crippen LogP contribution is 2.49. The van der Waals surface area contributed by atoms with E-state index in [2.05, 4.69) is 5.32 Å². The Labute approximate surface area is 197 Å². The van der Waals surface area contributed by atoms with Gasteiger partial charge in [-0.3, -0.25) is 9.59 Å². The number of amides is 1. The van der Waals surface area contributed by atoms with Gasteiger partial charge in [-0.15, -0.1) is 0 Å². The minimum atomic E-state index is -1.45. The van der Waals surface area contributed by atoms with Crippen molar-refractivity contribution in [2.45, 2.75) is 51.7 Å². The third-order valence-corrected chi connectivity index (χ3v) is 6.19. The molecule has 2 aromatic carbocycles. The lowest BCUT2D eigenvalue weighted by molar-refractivity contribution is -0.164. The molecule has 2 aliphatic heterocycles. The molecule has 7 nitrogen and oxygen atoms in total. The Balaban J connectivity index is 1.81. The first-order valence-electron chi connectivity index (χ1n) is 10.8. The van der Waals surface area contributed by atoms with Gasteiger partial charge >= 0.3 is 11.9 Å². The van der Waals surface area contributed by atoms with Crippen LogP contribution in [0, 0.1) is 5.41 Å². The summed E-state index contributed by atoms with van der Waals surface area (Å²) in [6, 6.07) is 12.1. The number of nitrogens with one attached hydrogen (secondary N) is 1. The molecule has 174 valence electrons. The molecule has 1 N–H and O–H groups in total. The van der Waals surface area contributed by atoms with Crippen LogP contribution >= 0.6 is 11.6 Å². The highest BCUT2D eigenvalue weighted by molar-refractivity contribution is 6.31. The van der Waals surface area contributed by atoms with Crippen molar-refractivity contribution in [3.8, 4) is 5.75 Å². The van der Waals surface area contributed by atoms with Crippen LogP contribution in [-0.2, 0) is 29.3 Å². The number of anilines is 1. The number of para-hydroxylation sites is 1. The molecule has 0 spiro atoms. The topological polar surface area (TPSA) is 90.9 Å². The van der Waals surface area contributed by atoms with E-state index in [1.807, 2.05) is 13.8 Å². The van der Waals surface area contributed by atoms with Crippen molar-refractivity contribution in [2.75, 3.05) is 11.9 Å². The first kappa shape index (κ1) is 23.1. The van der Waals surface area contributed by atoms with Crippen molar-refractivity contribution in [1.29, 1.82) is 0 Å². The molecule has 1 saturated heterocycles. The molecule has 4 rings (SSSR count). The van der Waals surface area contributed by atoms with Crippen LogP contribution in [0.3, 0.4) is 0 Å². The highest BCUT2D eigenvalue weighted by Gasteiger charge is 2.53. The number of carbonyl (C=O) groups excluding carboxylic acids is 3. The van der Waals surface area contributed by atoms with Crippen LogP contribution in [0.2, 0.25) is 5.02 Å². The summed E-state index contributed by atoms with van der Waals surface area (Å²) in [4.78, 5) is 39.0. The molecular weight excluding hydrogens is 446 g/mol. The average molecular weight is 472 g/mol. The van der Waals surface area contributed by atoms with Crippen LogP contribution < -0.4 is 10.1 Å². The molecule has 2 unspecified atom stereocenters. The first-order valence-corrected chi connectivity index (χ1v) is 11.2. The number of fused-ring (bicyclic) bond motifs is 1. The number of esters is 2. The maximum absolute atomic E-state index is 13.6. The van der Waals surface area contributed by atoms with E-state index in [0.29, 0.717) is 27.6 Å². The second-order valence-electron chi connectivity index (χ2n) is 9.36. The summed E-state index contributed by atoms with van der Waals surface area (Å²) in [7, 11) is 0. The Morgan fingerprint density at radius 3 is 2.58 bits per heavy atom. The third-order valence-electron chi connectivity index (χ3n) is 5.96. The quantitative estimate of drug-likeness (QED) is 0.633. The van der Waals surface area contributed by atoms with Gasteiger partial charge in [0.1, 0.15) is 17.8 Å². The molecule has 1 fully saturated rings. The number of cyclic esters (lactones) is 1. The predicted octanol–water partition coefficient (Wildman–Crippen LogP) is 4.25. The van der Waals surface area contributed by atoms with Crippen LogP contribution in [0.25, 0.3) is 0 Å². The molecule has 2 aromatic rings. The molecular formula is C25H26ClNO6. The number of hydrogen-bond donors (Lipinski definition) is 1. The van der Waals surface area contributed by atoms with Gasteiger partial charge in [0.05, 0.1) is 12.5 Å². The molecule has 2 atom stereocenters. The lowest BCUT2D eigenvalue weighted by atomic mass is 9.72. The molecule has 0 saturated carbocycles. The summed E-state index contributed by atoms with van der Waals surface area (Å²) in [5.41, 5.74) is -0.503. The summed E-state index contributed by atoms with van der Waals surface area (Å²) in [5.74, 6) is -1.21. The zero-order valence-electron chi connectivity index (χ0n) is 18.9. The van der Waals surface area contributed by atoms with Gasteiger partial charge in [0.2, 0.25) is 12.0 Å². The van der Waals surface area contributed by atoms with Gasteiger partial charge in [-0.25, -0.2) is 4.79 Å². The van der Waals surface area contributed by atoms with Crippen LogP contribution in [0.5, 0.6) is 5.75 Å². The summed E-state index contributed by atoms with van der Waals surface area (Å²) < 4.78 is 16.7. The smallest absolute Gasteiger partial charge is 0.348 e. The predicted molar refractivity (Wildman–Crippen MR) is 122 cm³/mol. The fourth-order valence-corrected chi connectivity index (χ4v) is 4.54. The van der Waals surface area contributed by atoms with E-state index in [0.717, 1.165) is 0 Å². The summed E-state index contributed by atoms with van der Waals surface area (Å²) in [6.07, 6.45) is -1.55. The van der Waals surface area contributed by atoms with Crippen LogP contribution in [0.1, 0.15) is 45.2 Å². The molecule has 0 bridgehead atoms. The Morgan fingerprint density at radius 2 is 1.91 bits per heavy atom. The molecule has 0 aliphatic carbocycles. The molecule has 1 amide bonds. The Kier molecular flexibility index (Phi) is 5.86. The minimum Gasteiger partial charge on any atom is -0.491 e. The number of benzene rings is 2. The molecule has 0 radical (unpaired) electrons. The van der Waals surface area contributed by atoms with Gasteiger partial charge in [-0.2, -0.15) is 0 Å². The Bertz CT molecular complexity index is 1130. The van der Waals surface area contributed by atoms with Crippen molar-refractivity contribution in [3.05, 3.63) is 58.6 Å². The lowest BCUT2D eigenvalue weighted by Gasteiger charge is -2.31. The standard InChI is InChI=1S/C25H26ClNO6/c1-14(2)32-19-8-6-5-7-16(19)25(17-11-15(26)9-10-18(17)27-23(25)30)12-20(28)33-21-22(29)31-13-24(21,3)4/h5-11,14,21H,12-13H2,1-4H3,(H,27,30). The molecule has 2 aliphatic rings. The average Bonchev–Trinajstić information content (AvgIpc) is 3.15. The fraction of sp³-hybridized carbons (Fsp3) is 0.400. The van der Waals surface area contributed by atoms with Crippen molar-refractivity contribution < 1.29 is 28.6 Å². The Morgan fingerprint density at radius 1 is 1.18 bits per heavy atom. The number of carbonyl (C=O) groups is 3. The fourth-order valence-electron chi connectivity index (χ4n) is 4.37. The van der Waals surface area contributed by atoms with Crippen molar-refractivity contribution >= 4 is 35.1 Å². The number of hydrogen-bond acceptors (Lipinski definition) is 6. The summed E-state index contributed by atoms with van der Waals surface area (Å²) >= 11 is 6.29. The van der Waals surface area contributed by atoms with Gasteiger partial charge in [0.15, 0.2) is 0 Å². The largest absolute Gasteiger partial charge is 0.491 e. The van der Waals surface area contributed by atoms with E-state index in [1.54, 1.807) is 56.3 Å². The van der Waals surface area contributed by atoms with Crippen LogP contribution in [0.15, 0.2) is 42.5 Å². The summed E-state index contributed by atoms with van der Waals surface area (Å²) in [5, 5.41) is 3.29. The van der Waals surface area contributed by atoms with Gasteiger partial charge in [0, 0.05) is 21.7 Å². The maximum atomic E-state index is 13.6. The van der Waals surface area contributed by atoms with Crippen molar-refractivity contribution in [3.63, 3.8) is 0 Å². The molecule has 8 heteroatoms. The lowest BCUT2D eigenvalue weighted by Crippen LogP contribution is -2.41. The molecule has 33 heavy (non-hydrogen) atoms. The number of halogens is 1. The SMILES string of the molecule is CC(C)Oc1ccccc1C1(CC(=O)OC2C(=O)OCC2(C)C)C(=O)Nc2ccc(Cl)cc21. The van der Waals surface area contributed by atoms with Gasteiger partial charge < -0.3 is 19.5 Å². The third kappa shape index (κ3) is 4.06. The van der Waals surface area contributed by atoms with E-state index in [1.165, 1.54) is 0 Å². The van der Waals surface area contributed by atoms with Gasteiger partial charge in [-0.05, 0) is 43.7 Å². The number of ether oxygens (including phenoxy) is 3. The zero-order valence-corrected chi connectivity index (χ0v) is 19.7. The Hall–Kier alpha value is -3.06. The van der Waals surface area contributed by atoms with Crippen molar-refractivity contribution in [2.24, 2.45) is 5.41 Å². The van der Waals surface area contributed by atoms with Gasteiger partial charge in [0.25, 0.3) is 0 Å². The monoisotopic (exact) mass is 471 g/mol. The zero-order chi connectivity index (χ0) is 24.0. The molecule has 0 aromatic heterocycles. The number of rotatable bonds is 6. The second-order valence-corrected chi connectivity index (χ2v) is 9.79. The first-order chi connectivity index (χ1) is 15.5. The van der Waals surface area contributed by atoms with E-state index < -0.39 is 34.8 Å². The van der Waals surface area contributed by atoms with Crippen LogP contribution in [-0.4, -0.2) is 36.7 Å². The summed E-state index contributed by atoms with van der Waals surface area (Å²) in [6.45, 7) is 7.48. The molecule has 2 heterocycles. The van der Waals surface area contributed by atoms with E-state index in [-0.39, 0.29) is 19.1 Å². The van der Waals surface area contributed by atoms with Crippen LogP contribution in [0.4, 0.5) is 5.69 Å². The van der Waals surface area contributed by atoms with E-state index >= 15 is 0 Å².